The van der Waals surface area contributed by atoms with Gasteiger partial charge in [0.05, 0.1) is 22.3 Å². The number of carbonyl (C=O) groups excluding carboxylic acids is 2. The van der Waals surface area contributed by atoms with Crippen LogP contribution in [0.1, 0.15) is 17.3 Å². The van der Waals surface area contributed by atoms with Crippen molar-refractivity contribution < 1.29 is 14.3 Å². The van der Waals surface area contributed by atoms with E-state index in [1.807, 2.05) is 12.1 Å². The van der Waals surface area contributed by atoms with Gasteiger partial charge in [-0.2, -0.15) is 0 Å². The lowest BCUT2D eigenvalue weighted by Crippen LogP contribution is -2.23. The summed E-state index contributed by atoms with van der Waals surface area (Å²) in [6.45, 7) is 1.99. The largest absolute Gasteiger partial charge is 0.462 e. The molecular weight excluding hydrogens is 340 g/mol. The first kappa shape index (κ1) is 16.9. The van der Waals surface area contributed by atoms with Crippen LogP contribution in [0.5, 0.6) is 0 Å². The van der Waals surface area contributed by atoms with Crippen molar-refractivity contribution in [2.24, 2.45) is 0 Å². The zero-order valence-electron chi connectivity index (χ0n) is 13.5. The monoisotopic (exact) mass is 356 g/mol. The van der Waals surface area contributed by atoms with Gasteiger partial charge in [-0.05, 0) is 43.3 Å². The van der Waals surface area contributed by atoms with Crippen molar-refractivity contribution in [3.05, 3.63) is 64.4 Å². The number of fused-ring (bicyclic) bond motifs is 1. The number of amides is 1. The van der Waals surface area contributed by atoms with E-state index in [9.17, 15) is 14.4 Å². The molecule has 0 radical (unpaired) electrons. The van der Waals surface area contributed by atoms with Crippen molar-refractivity contribution in [2.45, 2.75) is 13.5 Å². The van der Waals surface area contributed by atoms with Crippen LogP contribution in [0.4, 0.5) is 5.69 Å². The summed E-state index contributed by atoms with van der Waals surface area (Å²) in [7, 11) is 0. The fourth-order valence-corrected chi connectivity index (χ4v) is 3.35. The maximum atomic E-state index is 12.2. The molecule has 0 atom stereocenters. The van der Waals surface area contributed by atoms with Crippen LogP contribution in [0.2, 0.25) is 0 Å². The van der Waals surface area contributed by atoms with E-state index < -0.39 is 5.97 Å². The lowest BCUT2D eigenvalue weighted by molar-refractivity contribution is -0.116. The van der Waals surface area contributed by atoms with Gasteiger partial charge in [0, 0.05) is 5.69 Å². The zero-order chi connectivity index (χ0) is 17.8. The molecule has 6 nitrogen and oxygen atoms in total. The maximum Gasteiger partial charge on any atom is 0.338 e. The normalized spacial score (nSPS) is 10.6. The third-order valence-corrected chi connectivity index (χ3v) is 4.59. The molecule has 1 amide bonds. The van der Waals surface area contributed by atoms with Crippen LogP contribution in [0, 0.1) is 0 Å². The standard InChI is InChI=1S/C18H16N2O4S/c1-2-24-18(23)12-7-9-13(10-8-12)19-16(21)11-20-17(22)14-5-3-4-6-15(14)25-20/h3-10H,2,11H2,1H3,(H,19,21). The Morgan fingerprint density at radius 3 is 2.52 bits per heavy atom. The lowest BCUT2D eigenvalue weighted by Gasteiger charge is -2.06. The summed E-state index contributed by atoms with van der Waals surface area (Å²) in [4.78, 5) is 36.0. The minimum Gasteiger partial charge on any atom is -0.462 e. The Bertz CT molecular complexity index is 973. The number of aromatic nitrogens is 1. The summed E-state index contributed by atoms with van der Waals surface area (Å²) >= 11 is 1.26. The van der Waals surface area contributed by atoms with Crippen LogP contribution in [-0.2, 0) is 16.1 Å². The van der Waals surface area contributed by atoms with Gasteiger partial charge in [-0.1, -0.05) is 23.7 Å². The van der Waals surface area contributed by atoms with Crippen LogP contribution < -0.4 is 10.9 Å². The Morgan fingerprint density at radius 2 is 1.84 bits per heavy atom. The van der Waals surface area contributed by atoms with Crippen molar-refractivity contribution in [3.8, 4) is 0 Å². The number of anilines is 1. The molecule has 3 rings (SSSR count). The minimum atomic E-state index is -0.405. The van der Waals surface area contributed by atoms with Gasteiger partial charge in [0.1, 0.15) is 6.54 Å². The number of nitrogens with one attached hydrogen (secondary N) is 1. The number of nitrogens with zero attached hydrogens (tertiary/aromatic N) is 1. The number of ether oxygens (including phenoxy) is 1. The molecule has 0 spiro atoms. The highest BCUT2D eigenvalue weighted by Gasteiger charge is 2.11. The third-order valence-electron chi connectivity index (χ3n) is 3.52. The summed E-state index contributed by atoms with van der Waals surface area (Å²) in [6, 6.07) is 13.7. The molecule has 1 aromatic heterocycles. The van der Waals surface area contributed by atoms with Gasteiger partial charge in [-0.15, -0.1) is 0 Å². The first-order valence-corrected chi connectivity index (χ1v) is 8.51. The molecular formula is C18H16N2O4S. The average molecular weight is 356 g/mol. The highest BCUT2D eigenvalue weighted by atomic mass is 32.1. The van der Waals surface area contributed by atoms with E-state index in [-0.39, 0.29) is 18.0 Å². The fourth-order valence-electron chi connectivity index (χ4n) is 2.36. The average Bonchev–Trinajstić information content (AvgIpc) is 2.92. The molecule has 0 aliphatic carbocycles. The first-order valence-electron chi connectivity index (χ1n) is 7.74. The second-order valence-corrected chi connectivity index (χ2v) is 6.34. The lowest BCUT2D eigenvalue weighted by atomic mass is 10.2. The van der Waals surface area contributed by atoms with E-state index in [0.717, 1.165) is 4.70 Å². The van der Waals surface area contributed by atoms with Gasteiger partial charge in [0.2, 0.25) is 5.91 Å². The molecule has 0 fully saturated rings. The van der Waals surface area contributed by atoms with Crippen molar-refractivity contribution in [3.63, 3.8) is 0 Å². The topological polar surface area (TPSA) is 77.4 Å². The molecule has 7 heteroatoms. The zero-order valence-corrected chi connectivity index (χ0v) is 14.3. The molecule has 0 bridgehead atoms. The minimum absolute atomic E-state index is 0.0577. The molecule has 0 unspecified atom stereocenters. The Morgan fingerprint density at radius 1 is 1.12 bits per heavy atom. The van der Waals surface area contributed by atoms with Crippen LogP contribution in [0.3, 0.4) is 0 Å². The second kappa shape index (κ2) is 7.31. The van der Waals surface area contributed by atoms with Gasteiger partial charge in [0.15, 0.2) is 0 Å². The SMILES string of the molecule is CCOC(=O)c1ccc(NC(=O)Cn2sc3ccccc3c2=O)cc1. The highest BCUT2D eigenvalue weighted by molar-refractivity contribution is 7.13. The van der Waals surface area contributed by atoms with Gasteiger partial charge >= 0.3 is 5.97 Å². The summed E-state index contributed by atoms with van der Waals surface area (Å²) in [5, 5.41) is 3.33. The molecule has 0 aliphatic rings. The Hall–Kier alpha value is -2.93. The molecule has 2 aromatic carbocycles. The van der Waals surface area contributed by atoms with Crippen LogP contribution in [0.25, 0.3) is 10.1 Å². The number of benzene rings is 2. The molecule has 0 aliphatic heterocycles. The summed E-state index contributed by atoms with van der Waals surface area (Å²) in [6.07, 6.45) is 0. The first-order chi connectivity index (χ1) is 12.1. The quantitative estimate of drug-likeness (QED) is 0.713. The van der Waals surface area contributed by atoms with Gasteiger partial charge < -0.3 is 10.1 Å². The number of esters is 1. The molecule has 0 saturated carbocycles. The van der Waals surface area contributed by atoms with E-state index in [0.29, 0.717) is 23.2 Å². The maximum absolute atomic E-state index is 12.2. The Labute approximate surface area is 147 Å². The number of hydrogen-bond donors (Lipinski definition) is 1. The van der Waals surface area contributed by atoms with Crippen molar-refractivity contribution in [1.82, 2.24) is 3.96 Å². The summed E-state index contributed by atoms with van der Waals surface area (Å²) in [5.74, 6) is -0.713. The second-order valence-electron chi connectivity index (χ2n) is 5.28. The van der Waals surface area contributed by atoms with Crippen LogP contribution in [0.15, 0.2) is 53.3 Å². The third kappa shape index (κ3) is 3.77. The molecule has 3 aromatic rings. The van der Waals surface area contributed by atoms with E-state index in [1.54, 1.807) is 43.3 Å². The van der Waals surface area contributed by atoms with Gasteiger partial charge in [-0.3, -0.25) is 13.5 Å². The van der Waals surface area contributed by atoms with Gasteiger partial charge in [-0.25, -0.2) is 4.79 Å². The molecule has 128 valence electrons. The fraction of sp³-hybridized carbons (Fsp3) is 0.167. The predicted octanol–water partition coefficient (Wildman–Crippen LogP) is 2.88. The van der Waals surface area contributed by atoms with E-state index in [4.69, 9.17) is 4.74 Å². The molecule has 25 heavy (non-hydrogen) atoms. The number of carbonyl (C=O) groups is 2. The Balaban J connectivity index is 1.68. The smallest absolute Gasteiger partial charge is 0.338 e. The molecule has 1 N–H and O–H groups in total. The number of rotatable bonds is 5. The van der Waals surface area contributed by atoms with Crippen molar-refractivity contribution in [1.29, 1.82) is 0 Å². The summed E-state index contributed by atoms with van der Waals surface area (Å²) in [5.41, 5.74) is 0.793. The van der Waals surface area contributed by atoms with E-state index in [2.05, 4.69) is 5.32 Å². The Kier molecular flexibility index (Phi) is 4.95. The predicted molar refractivity (Wildman–Crippen MR) is 97.1 cm³/mol. The molecule has 0 saturated heterocycles. The van der Waals surface area contributed by atoms with E-state index in [1.165, 1.54) is 15.5 Å². The number of hydrogen-bond acceptors (Lipinski definition) is 5. The molecule has 1 heterocycles. The van der Waals surface area contributed by atoms with Crippen LogP contribution >= 0.6 is 11.5 Å². The van der Waals surface area contributed by atoms with Crippen LogP contribution in [-0.4, -0.2) is 22.4 Å². The highest BCUT2D eigenvalue weighted by Crippen LogP contribution is 2.16. The summed E-state index contributed by atoms with van der Waals surface area (Å²) < 4.78 is 7.18. The van der Waals surface area contributed by atoms with Crippen molar-refractivity contribution >= 4 is 39.2 Å². The van der Waals surface area contributed by atoms with Gasteiger partial charge in [0.25, 0.3) is 5.56 Å². The van der Waals surface area contributed by atoms with Crippen molar-refractivity contribution in [2.75, 3.05) is 11.9 Å². The van der Waals surface area contributed by atoms with E-state index >= 15 is 0 Å².